The molecular weight excluding hydrogens is 306 g/mol. The molecule has 1 amide bonds. The first kappa shape index (κ1) is 14.9. The first-order valence-corrected chi connectivity index (χ1v) is 8.80. The average Bonchev–Trinajstić information content (AvgIpc) is 2.96. The number of fused-ring (bicyclic) bond motifs is 1. The number of carbonyl (C=O) groups excluding carboxylic acids is 1. The van der Waals surface area contributed by atoms with Crippen LogP contribution in [0.25, 0.3) is 11.0 Å². The number of ether oxygens (including phenoxy) is 1. The average molecular weight is 323 g/mol. The third kappa shape index (κ3) is 2.68. The van der Waals surface area contributed by atoms with Crippen LogP contribution < -0.4 is 10.1 Å². The van der Waals surface area contributed by atoms with Gasteiger partial charge in [-0.1, -0.05) is 0 Å². The van der Waals surface area contributed by atoms with Crippen molar-refractivity contribution in [3.8, 4) is 5.75 Å². The number of sulfone groups is 1. The molecule has 1 fully saturated rings. The maximum Gasteiger partial charge on any atom is 0.255 e. The molecule has 2 aromatic rings. The van der Waals surface area contributed by atoms with Crippen LogP contribution in [-0.4, -0.2) is 39.0 Å². The molecule has 0 saturated carbocycles. The predicted octanol–water partition coefficient (Wildman–Crippen LogP) is 1.67. The lowest BCUT2D eigenvalue weighted by Crippen LogP contribution is -2.35. The minimum Gasteiger partial charge on any atom is -0.497 e. The molecule has 1 atom stereocenters. The minimum absolute atomic E-state index is 0.00308. The van der Waals surface area contributed by atoms with Crippen molar-refractivity contribution < 1.29 is 22.4 Å². The molecular formula is C15H17NO5S. The summed E-state index contributed by atoms with van der Waals surface area (Å²) < 4.78 is 33.7. The first-order chi connectivity index (χ1) is 10.4. The molecule has 1 aromatic carbocycles. The van der Waals surface area contributed by atoms with E-state index in [-0.39, 0.29) is 23.5 Å². The largest absolute Gasteiger partial charge is 0.497 e. The molecule has 6 nitrogen and oxygen atoms in total. The van der Waals surface area contributed by atoms with Crippen LogP contribution >= 0.6 is 0 Å². The van der Waals surface area contributed by atoms with E-state index in [9.17, 15) is 13.2 Å². The Labute approximate surface area is 128 Å². The molecule has 118 valence electrons. The highest BCUT2D eigenvalue weighted by molar-refractivity contribution is 7.91. The van der Waals surface area contributed by atoms with Crippen molar-refractivity contribution in [2.45, 2.75) is 19.4 Å². The summed E-state index contributed by atoms with van der Waals surface area (Å²) in [6.07, 6.45) is 0.451. The van der Waals surface area contributed by atoms with Gasteiger partial charge in [-0.25, -0.2) is 8.42 Å². The zero-order valence-electron chi connectivity index (χ0n) is 12.4. The van der Waals surface area contributed by atoms with Crippen LogP contribution in [-0.2, 0) is 9.84 Å². The van der Waals surface area contributed by atoms with E-state index >= 15 is 0 Å². The van der Waals surface area contributed by atoms with Gasteiger partial charge in [0.05, 0.1) is 24.2 Å². The molecule has 22 heavy (non-hydrogen) atoms. The number of aryl methyl sites for hydroxylation is 1. The number of furan rings is 1. The van der Waals surface area contributed by atoms with Gasteiger partial charge in [0.1, 0.15) is 17.1 Å². The summed E-state index contributed by atoms with van der Waals surface area (Å²) in [5.41, 5.74) is 1.03. The number of hydrogen-bond acceptors (Lipinski definition) is 5. The van der Waals surface area contributed by atoms with Gasteiger partial charge in [0.25, 0.3) is 5.91 Å². The second-order valence-corrected chi connectivity index (χ2v) is 7.70. The van der Waals surface area contributed by atoms with Gasteiger partial charge in [0, 0.05) is 11.4 Å². The van der Waals surface area contributed by atoms with Gasteiger partial charge in [-0.15, -0.1) is 0 Å². The van der Waals surface area contributed by atoms with Crippen molar-refractivity contribution in [3.63, 3.8) is 0 Å². The molecule has 1 N–H and O–H groups in total. The van der Waals surface area contributed by atoms with Gasteiger partial charge in [-0.05, 0) is 31.5 Å². The smallest absolute Gasteiger partial charge is 0.255 e. The van der Waals surface area contributed by atoms with Crippen LogP contribution in [0.15, 0.2) is 22.6 Å². The molecule has 0 bridgehead atoms. The minimum atomic E-state index is -3.03. The second kappa shape index (κ2) is 5.31. The molecule has 0 spiro atoms. The number of hydrogen-bond donors (Lipinski definition) is 1. The predicted molar refractivity (Wildman–Crippen MR) is 82.0 cm³/mol. The fourth-order valence-electron chi connectivity index (χ4n) is 2.77. The van der Waals surface area contributed by atoms with E-state index in [0.717, 1.165) is 0 Å². The fourth-order valence-corrected chi connectivity index (χ4v) is 4.45. The summed E-state index contributed by atoms with van der Waals surface area (Å²) >= 11 is 0. The molecule has 2 heterocycles. The SMILES string of the molecule is COc1ccc2oc(C)c(C(=O)N[C@H]3CCS(=O)(=O)C3)c2c1. The molecule has 1 saturated heterocycles. The van der Waals surface area contributed by atoms with Gasteiger partial charge in [-0.2, -0.15) is 0 Å². The van der Waals surface area contributed by atoms with Gasteiger partial charge in [0.2, 0.25) is 0 Å². The van der Waals surface area contributed by atoms with Crippen LogP contribution in [0.3, 0.4) is 0 Å². The normalized spacial score (nSPS) is 20.2. The summed E-state index contributed by atoms with van der Waals surface area (Å²) in [5.74, 6) is 0.937. The Bertz CT molecular complexity index is 837. The zero-order valence-corrected chi connectivity index (χ0v) is 13.2. The highest BCUT2D eigenvalue weighted by Gasteiger charge is 2.30. The Balaban J connectivity index is 1.92. The number of benzene rings is 1. The van der Waals surface area contributed by atoms with E-state index in [2.05, 4.69) is 5.32 Å². The van der Waals surface area contributed by atoms with Gasteiger partial charge < -0.3 is 14.5 Å². The molecule has 0 aliphatic carbocycles. The maximum atomic E-state index is 12.5. The third-order valence-corrected chi connectivity index (χ3v) is 5.63. The summed E-state index contributed by atoms with van der Waals surface area (Å²) in [4.78, 5) is 12.5. The Kier molecular flexibility index (Phi) is 3.60. The quantitative estimate of drug-likeness (QED) is 0.928. The van der Waals surface area contributed by atoms with Crippen LogP contribution in [0.1, 0.15) is 22.5 Å². The standard InChI is InChI=1S/C15H17NO5S/c1-9-14(12-7-11(20-2)3-4-13(12)21-9)15(17)16-10-5-6-22(18,19)8-10/h3-4,7,10H,5-6,8H2,1-2H3,(H,16,17)/t10-/m0/s1. The number of methoxy groups -OCH3 is 1. The van der Waals surface area contributed by atoms with Crippen LogP contribution in [0, 0.1) is 6.92 Å². The van der Waals surface area contributed by atoms with Crippen molar-refractivity contribution in [2.75, 3.05) is 18.6 Å². The molecule has 0 unspecified atom stereocenters. The van der Waals surface area contributed by atoms with E-state index < -0.39 is 9.84 Å². The number of carbonyl (C=O) groups is 1. The summed E-state index contributed by atoms with van der Waals surface area (Å²) in [6.45, 7) is 1.72. The van der Waals surface area contributed by atoms with Crippen molar-refractivity contribution in [1.82, 2.24) is 5.32 Å². The number of nitrogens with one attached hydrogen (secondary N) is 1. The fraction of sp³-hybridized carbons (Fsp3) is 0.400. The molecule has 3 rings (SSSR count). The molecule has 1 aliphatic heterocycles. The molecule has 7 heteroatoms. The highest BCUT2D eigenvalue weighted by Crippen LogP contribution is 2.29. The molecule has 0 radical (unpaired) electrons. The lowest BCUT2D eigenvalue weighted by atomic mass is 10.1. The van der Waals surface area contributed by atoms with Crippen molar-refractivity contribution in [2.24, 2.45) is 0 Å². The van der Waals surface area contributed by atoms with E-state index in [4.69, 9.17) is 9.15 Å². The summed E-state index contributed by atoms with van der Waals surface area (Å²) in [6, 6.07) is 4.91. The van der Waals surface area contributed by atoms with Crippen molar-refractivity contribution in [1.29, 1.82) is 0 Å². The second-order valence-electron chi connectivity index (χ2n) is 5.47. The highest BCUT2D eigenvalue weighted by atomic mass is 32.2. The van der Waals surface area contributed by atoms with Gasteiger partial charge >= 0.3 is 0 Å². The van der Waals surface area contributed by atoms with E-state index in [1.807, 2.05) is 0 Å². The first-order valence-electron chi connectivity index (χ1n) is 6.98. The van der Waals surface area contributed by atoms with E-state index in [1.165, 1.54) is 0 Å². The lowest BCUT2D eigenvalue weighted by molar-refractivity contribution is 0.0941. The van der Waals surface area contributed by atoms with Crippen molar-refractivity contribution in [3.05, 3.63) is 29.5 Å². The van der Waals surface area contributed by atoms with Crippen LogP contribution in [0.2, 0.25) is 0 Å². The summed E-state index contributed by atoms with van der Waals surface area (Å²) in [7, 11) is -1.48. The zero-order chi connectivity index (χ0) is 15.9. The molecule has 1 aromatic heterocycles. The monoisotopic (exact) mass is 323 g/mol. The van der Waals surface area contributed by atoms with Gasteiger partial charge in [-0.3, -0.25) is 4.79 Å². The number of rotatable bonds is 3. The van der Waals surface area contributed by atoms with Gasteiger partial charge in [0.15, 0.2) is 9.84 Å². The van der Waals surface area contributed by atoms with Crippen molar-refractivity contribution >= 4 is 26.7 Å². The number of amides is 1. The van der Waals surface area contributed by atoms with E-state index in [0.29, 0.717) is 34.5 Å². The van der Waals surface area contributed by atoms with E-state index in [1.54, 1.807) is 32.2 Å². The maximum absolute atomic E-state index is 12.5. The summed E-state index contributed by atoms with van der Waals surface area (Å²) in [5, 5.41) is 3.45. The Morgan fingerprint density at radius 2 is 2.18 bits per heavy atom. The van der Waals surface area contributed by atoms with Crippen LogP contribution in [0.4, 0.5) is 0 Å². The Hall–Kier alpha value is -2.02. The topological polar surface area (TPSA) is 85.6 Å². The Morgan fingerprint density at radius 3 is 2.82 bits per heavy atom. The third-order valence-electron chi connectivity index (χ3n) is 3.87. The van der Waals surface area contributed by atoms with Crippen LogP contribution in [0.5, 0.6) is 5.75 Å². The lowest BCUT2D eigenvalue weighted by Gasteiger charge is -2.10. The Morgan fingerprint density at radius 1 is 1.41 bits per heavy atom. The molecule has 1 aliphatic rings.